The van der Waals surface area contributed by atoms with Gasteiger partial charge in [0.15, 0.2) is 0 Å². The monoisotopic (exact) mass is 260 g/mol. The van der Waals surface area contributed by atoms with Crippen LogP contribution in [0, 0.1) is 0 Å². The molecule has 2 aliphatic rings. The highest BCUT2D eigenvalue weighted by molar-refractivity contribution is 5.79. The molecule has 0 radical (unpaired) electrons. The van der Waals surface area contributed by atoms with E-state index in [1.807, 2.05) is 30.2 Å². The number of anilines is 1. The van der Waals surface area contributed by atoms with Crippen LogP contribution in [-0.2, 0) is 4.79 Å². The van der Waals surface area contributed by atoms with E-state index in [0.717, 1.165) is 37.4 Å². The molecule has 5 nitrogen and oxygen atoms in total. The predicted molar refractivity (Wildman–Crippen MR) is 73.8 cm³/mol. The number of rotatable bonds is 2. The molecule has 0 bridgehead atoms. The van der Waals surface area contributed by atoms with Crippen molar-refractivity contribution in [1.29, 1.82) is 0 Å². The Kier molecular flexibility index (Phi) is 3.14. The zero-order chi connectivity index (χ0) is 13.4. The topological polar surface area (TPSA) is 62.5 Å². The van der Waals surface area contributed by atoms with Crippen molar-refractivity contribution in [3.05, 3.63) is 23.9 Å². The van der Waals surface area contributed by atoms with Crippen LogP contribution >= 0.6 is 0 Å². The lowest BCUT2D eigenvalue weighted by Crippen LogP contribution is -2.51. The SMILES string of the molecule is C[C@@H](N)c1ccc(N2CCN3C(=O)CCC3C2)nc1. The van der Waals surface area contributed by atoms with Crippen molar-refractivity contribution in [2.75, 3.05) is 24.5 Å². The van der Waals surface area contributed by atoms with Gasteiger partial charge in [-0.2, -0.15) is 0 Å². The number of pyridine rings is 1. The molecule has 2 fully saturated rings. The normalized spacial score (nSPS) is 24.5. The molecule has 0 saturated carbocycles. The van der Waals surface area contributed by atoms with E-state index in [9.17, 15) is 4.79 Å². The molecule has 3 heterocycles. The highest BCUT2D eigenvalue weighted by Crippen LogP contribution is 2.25. The van der Waals surface area contributed by atoms with Gasteiger partial charge in [-0.3, -0.25) is 4.79 Å². The number of carbonyl (C=O) groups excluding carboxylic acids is 1. The first-order valence-electron chi connectivity index (χ1n) is 6.91. The van der Waals surface area contributed by atoms with Gasteiger partial charge in [-0.1, -0.05) is 6.07 Å². The maximum Gasteiger partial charge on any atom is 0.223 e. The Balaban J connectivity index is 1.71. The Hall–Kier alpha value is -1.62. The molecule has 19 heavy (non-hydrogen) atoms. The van der Waals surface area contributed by atoms with Crippen molar-refractivity contribution in [3.63, 3.8) is 0 Å². The van der Waals surface area contributed by atoms with Gasteiger partial charge in [0.05, 0.1) is 0 Å². The number of piperazine rings is 1. The first-order chi connectivity index (χ1) is 9.15. The molecule has 1 unspecified atom stereocenters. The first-order valence-corrected chi connectivity index (χ1v) is 6.91. The number of hydrogen-bond acceptors (Lipinski definition) is 4. The zero-order valence-corrected chi connectivity index (χ0v) is 11.2. The molecule has 2 atom stereocenters. The maximum atomic E-state index is 11.6. The van der Waals surface area contributed by atoms with E-state index < -0.39 is 0 Å². The molecule has 0 aromatic carbocycles. The Morgan fingerprint density at radius 3 is 2.95 bits per heavy atom. The lowest BCUT2D eigenvalue weighted by Gasteiger charge is -2.38. The third kappa shape index (κ3) is 2.30. The molecule has 102 valence electrons. The summed E-state index contributed by atoms with van der Waals surface area (Å²) in [6, 6.07) is 4.46. The molecule has 2 aliphatic heterocycles. The molecule has 3 rings (SSSR count). The maximum absolute atomic E-state index is 11.6. The van der Waals surface area contributed by atoms with Crippen LogP contribution in [0.3, 0.4) is 0 Å². The average Bonchev–Trinajstić information content (AvgIpc) is 2.80. The van der Waals surface area contributed by atoms with Gasteiger partial charge in [0.25, 0.3) is 0 Å². The fourth-order valence-electron chi connectivity index (χ4n) is 2.93. The third-order valence-electron chi connectivity index (χ3n) is 4.12. The van der Waals surface area contributed by atoms with Gasteiger partial charge < -0.3 is 15.5 Å². The van der Waals surface area contributed by atoms with Crippen LogP contribution in [0.15, 0.2) is 18.3 Å². The Labute approximate surface area is 113 Å². The van der Waals surface area contributed by atoms with E-state index >= 15 is 0 Å². The minimum absolute atomic E-state index is 0.0193. The van der Waals surface area contributed by atoms with E-state index in [0.29, 0.717) is 18.4 Å². The van der Waals surface area contributed by atoms with Crippen LogP contribution in [-0.4, -0.2) is 41.5 Å². The van der Waals surface area contributed by atoms with E-state index in [2.05, 4.69) is 9.88 Å². The van der Waals surface area contributed by atoms with Gasteiger partial charge in [0.2, 0.25) is 5.91 Å². The lowest BCUT2D eigenvalue weighted by molar-refractivity contribution is -0.129. The molecular weight excluding hydrogens is 240 g/mol. The third-order valence-corrected chi connectivity index (χ3v) is 4.12. The summed E-state index contributed by atoms with van der Waals surface area (Å²) in [5, 5.41) is 0. The van der Waals surface area contributed by atoms with E-state index in [4.69, 9.17) is 5.73 Å². The molecule has 5 heteroatoms. The van der Waals surface area contributed by atoms with Crippen molar-refractivity contribution in [2.24, 2.45) is 5.73 Å². The van der Waals surface area contributed by atoms with Crippen LogP contribution in [0.4, 0.5) is 5.82 Å². The highest BCUT2D eigenvalue weighted by atomic mass is 16.2. The summed E-state index contributed by atoms with van der Waals surface area (Å²) < 4.78 is 0. The Bertz CT molecular complexity index is 471. The summed E-state index contributed by atoms with van der Waals surface area (Å²) >= 11 is 0. The van der Waals surface area contributed by atoms with Gasteiger partial charge in [-0.05, 0) is 25.0 Å². The smallest absolute Gasteiger partial charge is 0.223 e. The van der Waals surface area contributed by atoms with Crippen molar-refractivity contribution < 1.29 is 4.79 Å². The number of amides is 1. The molecule has 1 aromatic rings. The molecule has 0 spiro atoms. The fourth-order valence-corrected chi connectivity index (χ4v) is 2.93. The number of nitrogens with two attached hydrogens (primary N) is 1. The van der Waals surface area contributed by atoms with E-state index in [1.54, 1.807) is 0 Å². The van der Waals surface area contributed by atoms with Crippen molar-refractivity contribution in [3.8, 4) is 0 Å². The second kappa shape index (κ2) is 4.81. The molecule has 2 N–H and O–H groups in total. The lowest BCUT2D eigenvalue weighted by atomic mass is 10.1. The summed E-state index contributed by atoms with van der Waals surface area (Å²) in [4.78, 5) is 20.4. The standard InChI is InChI=1S/C14H20N4O/c1-10(15)11-2-4-13(16-8-11)17-6-7-18-12(9-17)3-5-14(18)19/h2,4,8,10,12H,3,5-7,9,15H2,1H3/t10-,12?/m1/s1. The quantitative estimate of drug-likeness (QED) is 0.858. The molecular formula is C14H20N4O. The minimum Gasteiger partial charge on any atom is -0.353 e. The summed E-state index contributed by atoms with van der Waals surface area (Å²) in [7, 11) is 0. The highest BCUT2D eigenvalue weighted by Gasteiger charge is 2.35. The fraction of sp³-hybridized carbons (Fsp3) is 0.571. The number of aromatic nitrogens is 1. The van der Waals surface area contributed by atoms with Crippen LogP contribution in [0.5, 0.6) is 0 Å². The zero-order valence-electron chi connectivity index (χ0n) is 11.2. The van der Waals surface area contributed by atoms with Gasteiger partial charge in [-0.15, -0.1) is 0 Å². The predicted octanol–water partition coefficient (Wildman–Crippen LogP) is 0.912. The Morgan fingerprint density at radius 2 is 2.26 bits per heavy atom. The Morgan fingerprint density at radius 1 is 1.42 bits per heavy atom. The van der Waals surface area contributed by atoms with Gasteiger partial charge in [-0.25, -0.2) is 4.98 Å². The number of nitrogens with zero attached hydrogens (tertiary/aromatic N) is 3. The van der Waals surface area contributed by atoms with Crippen molar-refractivity contribution >= 4 is 11.7 Å². The van der Waals surface area contributed by atoms with Gasteiger partial charge in [0, 0.05) is 44.3 Å². The summed E-state index contributed by atoms with van der Waals surface area (Å²) in [6.07, 6.45) is 3.54. The average molecular weight is 260 g/mol. The van der Waals surface area contributed by atoms with Gasteiger partial charge >= 0.3 is 0 Å². The second-order valence-electron chi connectivity index (χ2n) is 5.46. The molecule has 0 aliphatic carbocycles. The van der Waals surface area contributed by atoms with Crippen LogP contribution in [0.1, 0.15) is 31.4 Å². The summed E-state index contributed by atoms with van der Waals surface area (Å²) in [6.45, 7) is 4.54. The number of carbonyl (C=O) groups is 1. The van der Waals surface area contributed by atoms with E-state index in [-0.39, 0.29) is 6.04 Å². The number of hydrogen-bond donors (Lipinski definition) is 1. The van der Waals surface area contributed by atoms with E-state index in [1.165, 1.54) is 0 Å². The van der Waals surface area contributed by atoms with Crippen molar-refractivity contribution in [1.82, 2.24) is 9.88 Å². The molecule has 1 amide bonds. The number of fused-ring (bicyclic) bond motifs is 1. The molecule has 2 saturated heterocycles. The van der Waals surface area contributed by atoms with Crippen LogP contribution < -0.4 is 10.6 Å². The molecule has 1 aromatic heterocycles. The largest absolute Gasteiger partial charge is 0.353 e. The van der Waals surface area contributed by atoms with Crippen LogP contribution in [0.25, 0.3) is 0 Å². The second-order valence-corrected chi connectivity index (χ2v) is 5.46. The summed E-state index contributed by atoms with van der Waals surface area (Å²) in [5.41, 5.74) is 6.88. The van der Waals surface area contributed by atoms with Gasteiger partial charge in [0.1, 0.15) is 5.82 Å². The van der Waals surface area contributed by atoms with Crippen LogP contribution in [0.2, 0.25) is 0 Å². The minimum atomic E-state index is 0.0193. The van der Waals surface area contributed by atoms with Crippen molar-refractivity contribution in [2.45, 2.75) is 31.8 Å². The first kappa shape index (κ1) is 12.4. The summed E-state index contributed by atoms with van der Waals surface area (Å²) in [5.74, 6) is 1.30.